The number of aromatic carboxylic acids is 1. The minimum absolute atomic E-state index is 0.183. The Balaban J connectivity index is 2.09. The van der Waals surface area contributed by atoms with Gasteiger partial charge in [0.15, 0.2) is 0 Å². The first-order valence-electron chi connectivity index (χ1n) is 8.94. The summed E-state index contributed by atoms with van der Waals surface area (Å²) >= 11 is 6.38. The van der Waals surface area contributed by atoms with Crippen LogP contribution in [0.25, 0.3) is 22.0 Å². The van der Waals surface area contributed by atoms with Gasteiger partial charge in [-0.25, -0.2) is 9.78 Å². The maximum Gasteiger partial charge on any atom is 0.335 e. The zero-order valence-electron chi connectivity index (χ0n) is 15.9. The van der Waals surface area contributed by atoms with E-state index in [1.54, 1.807) is 18.3 Å². The fourth-order valence-corrected chi connectivity index (χ4v) is 3.19. The van der Waals surface area contributed by atoms with Crippen LogP contribution in [0.1, 0.15) is 44.1 Å². The molecule has 0 aliphatic carbocycles. The van der Waals surface area contributed by atoms with Crippen molar-refractivity contribution in [2.45, 2.75) is 33.7 Å². The highest BCUT2D eigenvalue weighted by atomic mass is 35.5. The molecule has 1 aromatic carbocycles. The number of hydrogen-bond donors (Lipinski definition) is 1. The van der Waals surface area contributed by atoms with Crippen molar-refractivity contribution in [1.82, 2.24) is 9.55 Å². The number of aromatic nitrogens is 2. The highest BCUT2D eigenvalue weighted by Gasteiger charge is 2.16. The lowest BCUT2D eigenvalue weighted by molar-refractivity contribution is 0.0697. The zero-order chi connectivity index (χ0) is 19.7. The van der Waals surface area contributed by atoms with Crippen LogP contribution in [-0.2, 0) is 0 Å². The number of carboxylic acid groups (broad SMARTS) is 1. The largest absolute Gasteiger partial charge is 0.478 e. The summed E-state index contributed by atoms with van der Waals surface area (Å²) in [6.07, 6.45) is 3.76. The Kier molecular flexibility index (Phi) is 5.42. The van der Waals surface area contributed by atoms with E-state index in [4.69, 9.17) is 16.3 Å². The highest BCUT2D eigenvalue weighted by Crippen LogP contribution is 2.35. The van der Waals surface area contributed by atoms with Crippen molar-refractivity contribution >= 4 is 28.5 Å². The van der Waals surface area contributed by atoms with Gasteiger partial charge in [0.25, 0.3) is 0 Å². The summed E-state index contributed by atoms with van der Waals surface area (Å²) in [7, 11) is 0. The second-order valence-electron chi connectivity index (χ2n) is 7.30. The molecule has 2 heterocycles. The van der Waals surface area contributed by atoms with E-state index in [-0.39, 0.29) is 11.6 Å². The number of benzene rings is 1. The van der Waals surface area contributed by atoms with Gasteiger partial charge >= 0.3 is 5.97 Å². The number of fused-ring (bicyclic) bond motifs is 1. The number of hydrogen-bond acceptors (Lipinski definition) is 3. The SMILES string of the molecule is CC(C)COc1ncc(-c2cn(C(C)C)c3cc(C(=O)O)ccc23)cc1Cl. The van der Waals surface area contributed by atoms with E-state index in [9.17, 15) is 9.90 Å². The van der Waals surface area contributed by atoms with E-state index in [2.05, 4.69) is 37.2 Å². The average molecular weight is 387 g/mol. The van der Waals surface area contributed by atoms with E-state index >= 15 is 0 Å². The Morgan fingerprint density at radius 1 is 1.26 bits per heavy atom. The van der Waals surface area contributed by atoms with E-state index in [1.165, 1.54) is 0 Å². The van der Waals surface area contributed by atoms with Crippen molar-refractivity contribution in [2.24, 2.45) is 5.92 Å². The zero-order valence-corrected chi connectivity index (χ0v) is 16.6. The van der Waals surface area contributed by atoms with Gasteiger partial charge in [0, 0.05) is 40.5 Å². The molecule has 0 unspecified atom stereocenters. The summed E-state index contributed by atoms with van der Waals surface area (Å²) in [5.41, 5.74) is 2.96. The van der Waals surface area contributed by atoms with Crippen LogP contribution in [0.5, 0.6) is 5.88 Å². The summed E-state index contributed by atoms with van der Waals surface area (Å²) in [6, 6.07) is 7.19. The molecule has 142 valence electrons. The lowest BCUT2D eigenvalue weighted by Gasteiger charge is -2.10. The lowest BCUT2D eigenvalue weighted by Crippen LogP contribution is -2.06. The number of carbonyl (C=O) groups is 1. The van der Waals surface area contributed by atoms with Crippen molar-refractivity contribution in [1.29, 1.82) is 0 Å². The van der Waals surface area contributed by atoms with E-state index in [0.717, 1.165) is 22.0 Å². The highest BCUT2D eigenvalue weighted by molar-refractivity contribution is 6.32. The normalized spacial score (nSPS) is 11.5. The average Bonchev–Trinajstić information content (AvgIpc) is 2.99. The minimum atomic E-state index is -0.939. The van der Waals surface area contributed by atoms with Crippen LogP contribution in [0.3, 0.4) is 0 Å². The van der Waals surface area contributed by atoms with Crippen molar-refractivity contribution < 1.29 is 14.6 Å². The van der Waals surface area contributed by atoms with E-state index in [0.29, 0.717) is 23.4 Å². The number of nitrogens with zero attached hydrogens (tertiary/aromatic N) is 2. The van der Waals surface area contributed by atoms with Crippen LogP contribution in [0.4, 0.5) is 0 Å². The summed E-state index contributed by atoms with van der Waals surface area (Å²) in [6.45, 7) is 8.80. The first kappa shape index (κ1) is 19.2. The fourth-order valence-electron chi connectivity index (χ4n) is 2.97. The Labute approximate surface area is 163 Å². The number of rotatable bonds is 6. The van der Waals surface area contributed by atoms with Gasteiger partial charge in [0.05, 0.1) is 12.2 Å². The molecule has 6 heteroatoms. The molecule has 0 aliphatic rings. The monoisotopic (exact) mass is 386 g/mol. The predicted molar refractivity (Wildman–Crippen MR) is 108 cm³/mol. The number of pyridine rings is 1. The van der Waals surface area contributed by atoms with Gasteiger partial charge in [-0.05, 0) is 38.0 Å². The van der Waals surface area contributed by atoms with Gasteiger partial charge in [0.1, 0.15) is 5.02 Å². The van der Waals surface area contributed by atoms with E-state index in [1.807, 2.05) is 18.3 Å². The molecule has 2 aromatic heterocycles. The van der Waals surface area contributed by atoms with Gasteiger partial charge in [-0.1, -0.05) is 31.5 Å². The molecule has 3 rings (SSSR count). The number of carboxylic acids is 1. The van der Waals surface area contributed by atoms with Gasteiger partial charge in [-0.15, -0.1) is 0 Å². The van der Waals surface area contributed by atoms with Crippen molar-refractivity contribution in [3.05, 3.63) is 47.2 Å². The molecule has 3 aromatic rings. The molecule has 5 nitrogen and oxygen atoms in total. The topological polar surface area (TPSA) is 64.4 Å². The molecule has 0 aliphatic heterocycles. The molecule has 0 spiro atoms. The molecule has 0 saturated carbocycles. The summed E-state index contributed by atoms with van der Waals surface area (Å²) in [5, 5.41) is 10.7. The first-order chi connectivity index (χ1) is 12.8. The van der Waals surface area contributed by atoms with Crippen molar-refractivity contribution in [3.8, 4) is 17.0 Å². The Hall–Kier alpha value is -2.53. The molecule has 0 atom stereocenters. The van der Waals surface area contributed by atoms with E-state index < -0.39 is 5.97 Å². The van der Waals surface area contributed by atoms with Crippen LogP contribution in [0.15, 0.2) is 36.7 Å². The second kappa shape index (κ2) is 7.61. The van der Waals surface area contributed by atoms with Crippen LogP contribution < -0.4 is 4.74 Å². The molecule has 1 N–H and O–H groups in total. The van der Waals surface area contributed by atoms with Gasteiger partial charge in [-0.2, -0.15) is 0 Å². The second-order valence-corrected chi connectivity index (χ2v) is 7.70. The van der Waals surface area contributed by atoms with Crippen LogP contribution in [0, 0.1) is 5.92 Å². The van der Waals surface area contributed by atoms with Crippen LogP contribution >= 0.6 is 11.6 Å². The maximum absolute atomic E-state index is 11.3. The summed E-state index contributed by atoms with van der Waals surface area (Å²) in [5.74, 6) is -0.129. The van der Waals surface area contributed by atoms with Crippen LogP contribution in [-0.4, -0.2) is 27.2 Å². The molecule has 0 radical (unpaired) electrons. The third-order valence-electron chi connectivity index (χ3n) is 4.31. The Morgan fingerprint density at radius 3 is 2.59 bits per heavy atom. The summed E-state index contributed by atoms with van der Waals surface area (Å²) in [4.78, 5) is 15.7. The van der Waals surface area contributed by atoms with Gasteiger partial charge in [-0.3, -0.25) is 0 Å². The Bertz CT molecular complexity index is 993. The van der Waals surface area contributed by atoms with Gasteiger partial charge in [0.2, 0.25) is 5.88 Å². The number of ether oxygens (including phenoxy) is 1. The molecule has 0 amide bonds. The molecule has 0 saturated heterocycles. The first-order valence-corrected chi connectivity index (χ1v) is 9.32. The summed E-state index contributed by atoms with van der Waals surface area (Å²) < 4.78 is 7.71. The maximum atomic E-state index is 11.3. The third-order valence-corrected chi connectivity index (χ3v) is 4.58. The third kappa shape index (κ3) is 3.93. The molecular formula is C21H23ClN2O3. The minimum Gasteiger partial charge on any atom is -0.478 e. The van der Waals surface area contributed by atoms with Crippen LogP contribution in [0.2, 0.25) is 5.02 Å². The lowest BCUT2D eigenvalue weighted by atomic mass is 10.1. The number of halogens is 1. The standard InChI is InChI=1S/C21H23ClN2O3/c1-12(2)11-27-20-18(22)7-15(9-23-20)17-10-24(13(3)4)19-8-14(21(25)26)5-6-16(17)19/h5-10,12-13H,11H2,1-4H3,(H,25,26). The quantitative estimate of drug-likeness (QED) is 0.592. The molecular weight excluding hydrogens is 364 g/mol. The van der Waals surface area contributed by atoms with Gasteiger partial charge < -0.3 is 14.4 Å². The molecule has 0 bridgehead atoms. The van der Waals surface area contributed by atoms with Crippen molar-refractivity contribution in [3.63, 3.8) is 0 Å². The van der Waals surface area contributed by atoms with Crippen molar-refractivity contribution in [2.75, 3.05) is 6.61 Å². The Morgan fingerprint density at radius 2 is 2.00 bits per heavy atom. The smallest absolute Gasteiger partial charge is 0.335 e. The fraction of sp³-hybridized carbons (Fsp3) is 0.333. The molecule has 27 heavy (non-hydrogen) atoms. The predicted octanol–water partition coefficient (Wildman–Crippen LogP) is 5.67. The molecule has 0 fully saturated rings.